The van der Waals surface area contributed by atoms with E-state index in [1.807, 2.05) is 24.5 Å². The first-order valence-corrected chi connectivity index (χ1v) is 10.6. The second-order valence-corrected chi connectivity index (χ2v) is 7.49. The fourth-order valence-electron chi connectivity index (χ4n) is 3.19. The van der Waals surface area contributed by atoms with Crippen LogP contribution in [0.5, 0.6) is 0 Å². The standard InChI is InChI=1S/C21H24FN3O3S/c1-29-18-4-2-3-17(13-18)24-21(27)20(26)23-14-19(25-9-11-28-12-10-25)15-5-7-16(22)8-6-15/h2-8,13,19H,9-12,14H2,1H3,(H,23,26)(H,24,27)/t19-/m1/s1. The van der Waals surface area contributed by atoms with Crippen LogP contribution >= 0.6 is 11.8 Å². The summed E-state index contributed by atoms with van der Waals surface area (Å²) in [6.07, 6.45) is 1.94. The van der Waals surface area contributed by atoms with Gasteiger partial charge in [0.1, 0.15) is 5.82 Å². The summed E-state index contributed by atoms with van der Waals surface area (Å²) in [5, 5.41) is 5.33. The van der Waals surface area contributed by atoms with Gasteiger partial charge >= 0.3 is 11.8 Å². The summed E-state index contributed by atoms with van der Waals surface area (Å²) in [6.45, 7) is 2.83. The molecule has 6 nitrogen and oxygen atoms in total. The summed E-state index contributed by atoms with van der Waals surface area (Å²) in [5.41, 5.74) is 1.45. The predicted molar refractivity (Wildman–Crippen MR) is 111 cm³/mol. The lowest BCUT2D eigenvalue weighted by Gasteiger charge is -2.34. The topological polar surface area (TPSA) is 70.7 Å². The molecule has 0 aliphatic carbocycles. The van der Waals surface area contributed by atoms with Crippen molar-refractivity contribution in [3.63, 3.8) is 0 Å². The van der Waals surface area contributed by atoms with Crippen molar-refractivity contribution in [2.24, 2.45) is 0 Å². The van der Waals surface area contributed by atoms with E-state index >= 15 is 0 Å². The number of carbonyl (C=O) groups excluding carboxylic acids is 2. The largest absolute Gasteiger partial charge is 0.379 e. The maximum Gasteiger partial charge on any atom is 0.313 e. The van der Waals surface area contributed by atoms with E-state index in [2.05, 4.69) is 15.5 Å². The first-order valence-electron chi connectivity index (χ1n) is 9.37. The minimum absolute atomic E-state index is 0.170. The van der Waals surface area contributed by atoms with Crippen molar-refractivity contribution in [1.29, 1.82) is 0 Å². The van der Waals surface area contributed by atoms with Gasteiger partial charge in [0, 0.05) is 30.2 Å². The van der Waals surface area contributed by atoms with Gasteiger partial charge in [0.15, 0.2) is 0 Å². The van der Waals surface area contributed by atoms with Crippen LogP contribution < -0.4 is 10.6 Å². The Labute approximate surface area is 173 Å². The van der Waals surface area contributed by atoms with Gasteiger partial charge in [-0.1, -0.05) is 18.2 Å². The number of hydrogen-bond donors (Lipinski definition) is 2. The molecule has 154 valence electrons. The third-order valence-electron chi connectivity index (χ3n) is 4.73. The first kappa shape index (κ1) is 21.3. The number of rotatable bonds is 6. The van der Waals surface area contributed by atoms with Crippen LogP contribution in [0.15, 0.2) is 53.4 Å². The fraction of sp³-hybridized carbons (Fsp3) is 0.333. The van der Waals surface area contributed by atoms with E-state index in [9.17, 15) is 14.0 Å². The monoisotopic (exact) mass is 417 g/mol. The third-order valence-corrected chi connectivity index (χ3v) is 5.46. The first-order chi connectivity index (χ1) is 14.1. The van der Waals surface area contributed by atoms with Gasteiger partial charge in [0.25, 0.3) is 0 Å². The summed E-state index contributed by atoms with van der Waals surface area (Å²) in [4.78, 5) is 27.8. The number of nitrogens with zero attached hydrogens (tertiary/aromatic N) is 1. The summed E-state index contributed by atoms with van der Waals surface area (Å²) >= 11 is 1.55. The Morgan fingerprint density at radius 1 is 1.14 bits per heavy atom. The molecule has 1 heterocycles. The molecule has 2 N–H and O–H groups in total. The van der Waals surface area contributed by atoms with E-state index in [-0.39, 0.29) is 18.4 Å². The molecular weight excluding hydrogens is 393 g/mol. The Hall–Kier alpha value is -2.42. The Bertz CT molecular complexity index is 841. The molecule has 1 fully saturated rings. The fourth-order valence-corrected chi connectivity index (χ4v) is 3.65. The average molecular weight is 418 g/mol. The van der Waals surface area contributed by atoms with Crippen LogP contribution in [-0.4, -0.2) is 55.8 Å². The average Bonchev–Trinajstić information content (AvgIpc) is 2.75. The number of anilines is 1. The van der Waals surface area contributed by atoms with Crippen LogP contribution in [-0.2, 0) is 14.3 Å². The predicted octanol–water partition coefficient (Wildman–Crippen LogP) is 2.68. The van der Waals surface area contributed by atoms with Gasteiger partial charge in [-0.05, 0) is 42.2 Å². The van der Waals surface area contributed by atoms with Crippen molar-refractivity contribution in [3.8, 4) is 0 Å². The van der Waals surface area contributed by atoms with Gasteiger partial charge in [-0.15, -0.1) is 11.8 Å². The van der Waals surface area contributed by atoms with E-state index in [1.165, 1.54) is 12.1 Å². The minimum Gasteiger partial charge on any atom is -0.379 e. The lowest BCUT2D eigenvalue weighted by molar-refractivity contribution is -0.136. The molecule has 0 aromatic heterocycles. The number of hydrogen-bond acceptors (Lipinski definition) is 5. The number of benzene rings is 2. The number of ether oxygens (including phenoxy) is 1. The molecule has 0 saturated carbocycles. The zero-order valence-electron chi connectivity index (χ0n) is 16.2. The number of amides is 2. The van der Waals surface area contributed by atoms with E-state index in [0.29, 0.717) is 32.0 Å². The molecule has 0 spiro atoms. The minimum atomic E-state index is -0.719. The summed E-state index contributed by atoms with van der Waals surface area (Å²) in [6, 6.07) is 13.3. The Morgan fingerprint density at radius 2 is 1.86 bits per heavy atom. The van der Waals surface area contributed by atoms with Gasteiger partial charge in [-0.2, -0.15) is 0 Å². The summed E-state index contributed by atoms with van der Waals surface area (Å²) < 4.78 is 18.7. The van der Waals surface area contributed by atoms with Crippen molar-refractivity contribution in [3.05, 3.63) is 59.9 Å². The van der Waals surface area contributed by atoms with Crippen LogP contribution in [0.4, 0.5) is 10.1 Å². The molecule has 2 amide bonds. The normalized spacial score (nSPS) is 15.5. The van der Waals surface area contributed by atoms with Crippen molar-refractivity contribution in [2.45, 2.75) is 10.9 Å². The molecule has 1 aliphatic rings. The highest BCUT2D eigenvalue weighted by Gasteiger charge is 2.24. The highest BCUT2D eigenvalue weighted by molar-refractivity contribution is 7.98. The molecule has 2 aromatic rings. The van der Waals surface area contributed by atoms with Crippen molar-refractivity contribution in [1.82, 2.24) is 10.2 Å². The molecule has 0 unspecified atom stereocenters. The number of morpholine rings is 1. The molecule has 0 bridgehead atoms. The SMILES string of the molecule is CSc1cccc(NC(=O)C(=O)NC[C@H](c2ccc(F)cc2)N2CCOCC2)c1. The van der Waals surface area contributed by atoms with Gasteiger partial charge in [0.2, 0.25) is 0 Å². The molecule has 0 radical (unpaired) electrons. The van der Waals surface area contributed by atoms with Crippen LogP contribution in [0, 0.1) is 5.82 Å². The van der Waals surface area contributed by atoms with Crippen molar-refractivity contribution < 1.29 is 18.7 Å². The molecule has 1 aliphatic heterocycles. The van der Waals surface area contributed by atoms with E-state index in [0.717, 1.165) is 10.5 Å². The van der Waals surface area contributed by atoms with Crippen LogP contribution in [0.3, 0.4) is 0 Å². The van der Waals surface area contributed by atoms with Crippen LogP contribution in [0.1, 0.15) is 11.6 Å². The molecule has 3 rings (SSSR count). The molecule has 2 aromatic carbocycles. The zero-order chi connectivity index (χ0) is 20.6. The van der Waals surface area contributed by atoms with Crippen LogP contribution in [0.25, 0.3) is 0 Å². The van der Waals surface area contributed by atoms with Gasteiger partial charge in [-0.25, -0.2) is 4.39 Å². The maximum absolute atomic E-state index is 13.3. The van der Waals surface area contributed by atoms with Gasteiger partial charge in [-0.3, -0.25) is 14.5 Å². The smallest absolute Gasteiger partial charge is 0.313 e. The second kappa shape index (κ2) is 10.4. The quantitative estimate of drug-likeness (QED) is 0.559. The number of thioether (sulfide) groups is 1. The summed E-state index contributed by atoms with van der Waals surface area (Å²) in [7, 11) is 0. The Morgan fingerprint density at radius 3 is 2.55 bits per heavy atom. The van der Waals surface area contributed by atoms with Gasteiger partial charge < -0.3 is 15.4 Å². The van der Waals surface area contributed by atoms with Gasteiger partial charge in [0.05, 0.1) is 19.3 Å². The Kier molecular flexibility index (Phi) is 7.62. The molecule has 1 atom stereocenters. The second-order valence-electron chi connectivity index (χ2n) is 6.61. The number of halogens is 1. The van der Waals surface area contributed by atoms with E-state index in [1.54, 1.807) is 30.0 Å². The molecular formula is C21H24FN3O3S. The zero-order valence-corrected chi connectivity index (χ0v) is 17.0. The lowest BCUT2D eigenvalue weighted by Crippen LogP contribution is -2.45. The van der Waals surface area contributed by atoms with Crippen LogP contribution in [0.2, 0.25) is 0 Å². The van der Waals surface area contributed by atoms with Crippen molar-refractivity contribution in [2.75, 3.05) is 44.4 Å². The maximum atomic E-state index is 13.3. The highest BCUT2D eigenvalue weighted by Crippen LogP contribution is 2.22. The summed E-state index contributed by atoms with van der Waals surface area (Å²) in [5.74, 6) is -1.74. The number of nitrogens with one attached hydrogen (secondary N) is 2. The lowest BCUT2D eigenvalue weighted by atomic mass is 10.0. The number of carbonyl (C=O) groups is 2. The Balaban J connectivity index is 1.63. The molecule has 1 saturated heterocycles. The molecule has 29 heavy (non-hydrogen) atoms. The highest BCUT2D eigenvalue weighted by atomic mass is 32.2. The van der Waals surface area contributed by atoms with Crippen molar-refractivity contribution >= 4 is 29.3 Å². The van der Waals surface area contributed by atoms with E-state index in [4.69, 9.17) is 4.74 Å². The molecule has 8 heteroatoms. The third kappa shape index (κ3) is 6.03. The van der Waals surface area contributed by atoms with E-state index < -0.39 is 11.8 Å².